The predicted octanol–water partition coefficient (Wildman–Crippen LogP) is 3.04. The number of methoxy groups -OCH3 is 1. The lowest BCUT2D eigenvalue weighted by Crippen LogP contribution is -1.98. The number of unbranched alkanes of at least 4 members (excludes halogenated alkanes) is 5. The summed E-state index contributed by atoms with van der Waals surface area (Å²) >= 11 is 0. The molecule has 0 atom stereocenters. The van der Waals surface area contributed by atoms with Crippen LogP contribution in [-0.2, 0) is 14.3 Å². The molecule has 0 heterocycles. The Hall–Kier alpha value is -1.12. The fraction of sp³-hybridized carbons (Fsp3) is 0.692. The van der Waals surface area contributed by atoms with E-state index in [1.54, 1.807) is 0 Å². The standard InChI is InChI=1S/C13H22O3/c1-16-13(15)11-9-7-5-3-2-4-6-8-10-12-14/h4,6,12H,2-3,5,7-11H2,1H3/b6-4-. The Bertz CT molecular complexity index is 209. The van der Waals surface area contributed by atoms with Gasteiger partial charge in [0.2, 0.25) is 0 Å². The van der Waals surface area contributed by atoms with E-state index in [9.17, 15) is 9.59 Å². The summed E-state index contributed by atoms with van der Waals surface area (Å²) in [4.78, 5) is 20.8. The van der Waals surface area contributed by atoms with Crippen molar-refractivity contribution in [1.29, 1.82) is 0 Å². The summed E-state index contributed by atoms with van der Waals surface area (Å²) in [6.45, 7) is 0. The first kappa shape index (κ1) is 14.9. The van der Waals surface area contributed by atoms with Crippen molar-refractivity contribution < 1.29 is 14.3 Å². The van der Waals surface area contributed by atoms with Crippen LogP contribution >= 0.6 is 0 Å². The van der Waals surface area contributed by atoms with E-state index in [1.807, 2.05) is 0 Å². The first-order chi connectivity index (χ1) is 7.81. The second-order valence-corrected chi connectivity index (χ2v) is 3.74. The van der Waals surface area contributed by atoms with Crippen LogP contribution in [0.2, 0.25) is 0 Å². The van der Waals surface area contributed by atoms with Crippen molar-refractivity contribution in [2.24, 2.45) is 0 Å². The molecular weight excluding hydrogens is 204 g/mol. The smallest absolute Gasteiger partial charge is 0.305 e. The maximum atomic E-state index is 10.8. The van der Waals surface area contributed by atoms with Gasteiger partial charge in [0, 0.05) is 12.8 Å². The minimum atomic E-state index is -0.117. The van der Waals surface area contributed by atoms with Gasteiger partial charge < -0.3 is 9.53 Å². The van der Waals surface area contributed by atoms with Gasteiger partial charge in [-0.3, -0.25) is 4.79 Å². The molecule has 0 rings (SSSR count). The van der Waals surface area contributed by atoms with Crippen LogP contribution in [-0.4, -0.2) is 19.4 Å². The molecule has 0 saturated heterocycles. The Morgan fingerprint density at radius 2 is 1.69 bits per heavy atom. The highest BCUT2D eigenvalue weighted by Gasteiger charge is 1.98. The molecular formula is C13H22O3. The molecule has 0 bridgehead atoms. The molecule has 3 nitrogen and oxygen atoms in total. The number of ether oxygens (including phenoxy) is 1. The molecule has 0 saturated carbocycles. The zero-order chi connectivity index (χ0) is 12.1. The van der Waals surface area contributed by atoms with Crippen molar-refractivity contribution in [3.63, 3.8) is 0 Å². The van der Waals surface area contributed by atoms with Crippen LogP contribution in [0.1, 0.15) is 51.4 Å². The predicted molar refractivity (Wildman–Crippen MR) is 64.2 cm³/mol. The molecule has 0 N–H and O–H groups in total. The van der Waals surface area contributed by atoms with Crippen LogP contribution in [0.25, 0.3) is 0 Å². The number of esters is 1. The summed E-state index contributed by atoms with van der Waals surface area (Å²) < 4.78 is 4.55. The van der Waals surface area contributed by atoms with Gasteiger partial charge in [0.25, 0.3) is 0 Å². The summed E-state index contributed by atoms with van der Waals surface area (Å²) in [6, 6.07) is 0. The van der Waals surface area contributed by atoms with Gasteiger partial charge in [-0.1, -0.05) is 25.0 Å². The molecule has 0 aromatic carbocycles. The summed E-state index contributed by atoms with van der Waals surface area (Å²) in [6.07, 6.45) is 12.5. The average Bonchev–Trinajstić information content (AvgIpc) is 2.31. The zero-order valence-electron chi connectivity index (χ0n) is 10.1. The van der Waals surface area contributed by atoms with Gasteiger partial charge >= 0.3 is 5.97 Å². The number of hydrogen-bond donors (Lipinski definition) is 0. The molecule has 3 heteroatoms. The van der Waals surface area contributed by atoms with Gasteiger partial charge in [-0.25, -0.2) is 0 Å². The third-order valence-electron chi connectivity index (χ3n) is 2.35. The van der Waals surface area contributed by atoms with Crippen LogP contribution in [0.5, 0.6) is 0 Å². The molecule has 0 unspecified atom stereocenters. The Kier molecular flexibility index (Phi) is 11.1. The minimum absolute atomic E-state index is 0.117. The number of allylic oxidation sites excluding steroid dienone is 2. The van der Waals surface area contributed by atoms with Gasteiger partial charge in [0.15, 0.2) is 0 Å². The molecule has 0 aromatic rings. The monoisotopic (exact) mass is 226 g/mol. The minimum Gasteiger partial charge on any atom is -0.469 e. The van der Waals surface area contributed by atoms with Crippen LogP contribution < -0.4 is 0 Å². The fourth-order valence-electron chi connectivity index (χ4n) is 1.39. The van der Waals surface area contributed by atoms with E-state index in [-0.39, 0.29) is 5.97 Å². The fourth-order valence-corrected chi connectivity index (χ4v) is 1.39. The topological polar surface area (TPSA) is 43.4 Å². The summed E-state index contributed by atoms with van der Waals surface area (Å²) in [5.74, 6) is -0.117. The second-order valence-electron chi connectivity index (χ2n) is 3.74. The molecule has 0 amide bonds. The quantitative estimate of drug-likeness (QED) is 0.249. The lowest BCUT2D eigenvalue weighted by molar-refractivity contribution is -0.140. The molecule has 0 aliphatic heterocycles. The third-order valence-corrected chi connectivity index (χ3v) is 2.35. The molecule has 92 valence electrons. The highest BCUT2D eigenvalue weighted by Crippen LogP contribution is 2.06. The SMILES string of the molecule is COC(=O)CCCCCC/C=C\CCC=O. The third kappa shape index (κ3) is 11.0. The lowest BCUT2D eigenvalue weighted by Gasteiger charge is -1.99. The highest BCUT2D eigenvalue weighted by atomic mass is 16.5. The molecule has 0 radical (unpaired) electrons. The van der Waals surface area contributed by atoms with Crippen molar-refractivity contribution in [3.05, 3.63) is 12.2 Å². The molecule has 0 spiro atoms. The van der Waals surface area contributed by atoms with E-state index in [0.717, 1.165) is 44.8 Å². The maximum absolute atomic E-state index is 10.8. The Morgan fingerprint density at radius 3 is 2.38 bits per heavy atom. The van der Waals surface area contributed by atoms with Gasteiger partial charge in [0.1, 0.15) is 6.29 Å². The largest absolute Gasteiger partial charge is 0.469 e. The maximum Gasteiger partial charge on any atom is 0.305 e. The summed E-state index contributed by atoms with van der Waals surface area (Å²) in [5, 5.41) is 0. The van der Waals surface area contributed by atoms with Crippen molar-refractivity contribution >= 4 is 12.3 Å². The van der Waals surface area contributed by atoms with Gasteiger partial charge in [-0.2, -0.15) is 0 Å². The number of rotatable bonds is 10. The lowest BCUT2D eigenvalue weighted by atomic mass is 10.1. The van der Waals surface area contributed by atoms with Crippen LogP contribution in [0.15, 0.2) is 12.2 Å². The number of hydrogen-bond acceptors (Lipinski definition) is 3. The van der Waals surface area contributed by atoms with Gasteiger partial charge in [0.05, 0.1) is 7.11 Å². The van der Waals surface area contributed by atoms with Crippen LogP contribution in [0.3, 0.4) is 0 Å². The summed E-state index contributed by atoms with van der Waals surface area (Å²) in [5.41, 5.74) is 0. The van der Waals surface area contributed by atoms with Crippen molar-refractivity contribution in [3.8, 4) is 0 Å². The van der Waals surface area contributed by atoms with Gasteiger partial charge in [-0.05, 0) is 25.7 Å². The Morgan fingerprint density at radius 1 is 1.00 bits per heavy atom. The molecule has 0 fully saturated rings. The Labute approximate surface area is 97.9 Å². The first-order valence-electron chi connectivity index (χ1n) is 5.96. The van der Waals surface area contributed by atoms with E-state index in [1.165, 1.54) is 7.11 Å². The first-order valence-corrected chi connectivity index (χ1v) is 5.96. The molecule has 0 aromatic heterocycles. The van der Waals surface area contributed by atoms with E-state index >= 15 is 0 Å². The summed E-state index contributed by atoms with van der Waals surface area (Å²) in [7, 11) is 1.42. The van der Waals surface area contributed by atoms with Crippen molar-refractivity contribution in [2.45, 2.75) is 51.4 Å². The second kappa shape index (κ2) is 12.0. The Balaban J connectivity index is 3.12. The van der Waals surface area contributed by atoms with Crippen LogP contribution in [0.4, 0.5) is 0 Å². The van der Waals surface area contributed by atoms with Crippen molar-refractivity contribution in [2.75, 3.05) is 7.11 Å². The number of aldehydes is 1. The molecule has 16 heavy (non-hydrogen) atoms. The van der Waals surface area contributed by atoms with E-state index in [0.29, 0.717) is 12.8 Å². The number of carbonyl (C=O) groups is 2. The number of carbonyl (C=O) groups excluding carboxylic acids is 2. The van der Waals surface area contributed by atoms with E-state index in [2.05, 4.69) is 16.9 Å². The van der Waals surface area contributed by atoms with E-state index in [4.69, 9.17) is 0 Å². The average molecular weight is 226 g/mol. The van der Waals surface area contributed by atoms with Crippen LogP contribution in [0, 0.1) is 0 Å². The van der Waals surface area contributed by atoms with Crippen molar-refractivity contribution in [1.82, 2.24) is 0 Å². The van der Waals surface area contributed by atoms with E-state index < -0.39 is 0 Å². The highest BCUT2D eigenvalue weighted by molar-refractivity contribution is 5.68. The normalized spacial score (nSPS) is 10.6. The zero-order valence-corrected chi connectivity index (χ0v) is 10.1. The molecule has 0 aliphatic carbocycles. The van der Waals surface area contributed by atoms with Gasteiger partial charge in [-0.15, -0.1) is 0 Å². The molecule has 0 aliphatic rings.